The van der Waals surface area contributed by atoms with Crippen molar-refractivity contribution in [1.29, 1.82) is 0 Å². The van der Waals surface area contributed by atoms with E-state index in [9.17, 15) is 13.2 Å². The zero-order valence-corrected chi connectivity index (χ0v) is 18.6. The van der Waals surface area contributed by atoms with Crippen LogP contribution in [0.2, 0.25) is 5.02 Å². The normalized spacial score (nSPS) is 12.1. The molecule has 6 nitrogen and oxygen atoms in total. The number of amides is 1. The zero-order chi connectivity index (χ0) is 21.7. The van der Waals surface area contributed by atoms with Crippen molar-refractivity contribution < 1.29 is 17.9 Å². The van der Waals surface area contributed by atoms with Gasteiger partial charge in [0.05, 0.1) is 5.75 Å². The van der Waals surface area contributed by atoms with E-state index in [-0.39, 0.29) is 24.2 Å². The first-order valence-electron chi connectivity index (χ1n) is 9.28. The monoisotopic (exact) mass is 438 g/mol. The molecule has 0 unspecified atom stereocenters. The van der Waals surface area contributed by atoms with Crippen molar-refractivity contribution >= 4 is 27.5 Å². The Kier molecular flexibility index (Phi) is 7.68. The first kappa shape index (κ1) is 23.2. The zero-order valence-electron chi connectivity index (χ0n) is 17.0. The smallest absolute Gasteiger partial charge is 0.263 e. The molecule has 0 saturated carbocycles. The highest BCUT2D eigenvalue weighted by atomic mass is 35.5. The lowest BCUT2D eigenvalue weighted by Crippen LogP contribution is -2.46. The van der Waals surface area contributed by atoms with Crippen LogP contribution in [0.5, 0.6) is 5.75 Å². The van der Waals surface area contributed by atoms with Gasteiger partial charge in [0.2, 0.25) is 10.0 Å². The number of rotatable bonds is 9. The molecule has 0 saturated heterocycles. The second-order valence-corrected chi connectivity index (χ2v) is 9.74. The maximum atomic E-state index is 12.7. The summed E-state index contributed by atoms with van der Waals surface area (Å²) < 4.78 is 32.9. The Morgan fingerprint density at radius 3 is 2.24 bits per heavy atom. The minimum Gasteiger partial charge on any atom is -0.478 e. The first-order chi connectivity index (χ1) is 13.5. The molecule has 0 heterocycles. The van der Waals surface area contributed by atoms with Gasteiger partial charge in [-0.15, -0.1) is 0 Å². The van der Waals surface area contributed by atoms with Crippen molar-refractivity contribution in [2.45, 2.75) is 51.6 Å². The van der Waals surface area contributed by atoms with E-state index in [1.807, 2.05) is 6.07 Å². The lowest BCUT2D eigenvalue weighted by Gasteiger charge is -2.25. The molecule has 0 aromatic heterocycles. The van der Waals surface area contributed by atoms with Crippen molar-refractivity contribution in [3.8, 4) is 5.75 Å². The molecule has 2 rings (SSSR count). The number of carbonyl (C=O) groups is 1. The summed E-state index contributed by atoms with van der Waals surface area (Å²) in [4.78, 5) is 12.7. The Labute approximate surface area is 177 Å². The predicted octanol–water partition coefficient (Wildman–Crippen LogP) is 3.64. The van der Waals surface area contributed by atoms with Crippen molar-refractivity contribution in [2.24, 2.45) is 0 Å². The number of nitrogens with one attached hydrogen (secondary N) is 2. The molecule has 0 aliphatic heterocycles. The molecule has 0 atom stereocenters. The van der Waals surface area contributed by atoms with Gasteiger partial charge in [-0.1, -0.05) is 35.9 Å². The number of sulfonamides is 1. The minimum atomic E-state index is -3.47. The Morgan fingerprint density at radius 2 is 1.66 bits per heavy atom. The van der Waals surface area contributed by atoms with Gasteiger partial charge in [0, 0.05) is 17.6 Å². The topological polar surface area (TPSA) is 84.5 Å². The molecule has 0 spiro atoms. The van der Waals surface area contributed by atoms with Gasteiger partial charge in [-0.2, -0.15) is 0 Å². The standard InChI is InChI=1S/C21H27ClN2O4S/c1-15(2)24-29(26,27)14-17-8-6-5-7-16(17)13-23-20(25)21(3,4)28-19-11-9-18(22)10-12-19/h5-12,15,24H,13-14H2,1-4H3,(H,23,25). The third-order valence-electron chi connectivity index (χ3n) is 4.05. The van der Waals surface area contributed by atoms with Crippen LogP contribution in [-0.4, -0.2) is 26.0 Å². The van der Waals surface area contributed by atoms with Gasteiger partial charge in [-0.05, 0) is 63.1 Å². The highest BCUT2D eigenvalue weighted by Crippen LogP contribution is 2.21. The van der Waals surface area contributed by atoms with Gasteiger partial charge in [-0.25, -0.2) is 13.1 Å². The first-order valence-corrected chi connectivity index (χ1v) is 11.3. The van der Waals surface area contributed by atoms with Gasteiger partial charge in [-0.3, -0.25) is 4.79 Å². The van der Waals surface area contributed by atoms with Gasteiger partial charge in [0.1, 0.15) is 5.75 Å². The molecule has 2 aromatic carbocycles. The maximum Gasteiger partial charge on any atom is 0.263 e. The Morgan fingerprint density at radius 1 is 1.07 bits per heavy atom. The third-order valence-corrected chi connectivity index (χ3v) is 5.83. The van der Waals surface area contributed by atoms with Gasteiger partial charge in [0.15, 0.2) is 5.60 Å². The summed E-state index contributed by atoms with van der Waals surface area (Å²) in [5, 5.41) is 3.41. The minimum absolute atomic E-state index is 0.151. The van der Waals surface area contributed by atoms with Crippen LogP contribution in [0, 0.1) is 0 Å². The van der Waals surface area contributed by atoms with Gasteiger partial charge >= 0.3 is 0 Å². The molecule has 8 heteroatoms. The van der Waals surface area contributed by atoms with E-state index < -0.39 is 15.6 Å². The molecular weight excluding hydrogens is 412 g/mol. The van der Waals surface area contributed by atoms with Gasteiger partial charge in [0.25, 0.3) is 5.91 Å². The van der Waals surface area contributed by atoms with Crippen LogP contribution < -0.4 is 14.8 Å². The van der Waals surface area contributed by atoms with E-state index in [2.05, 4.69) is 10.0 Å². The molecule has 0 aliphatic carbocycles. The van der Waals surface area contributed by atoms with Crippen LogP contribution in [0.4, 0.5) is 0 Å². The maximum absolute atomic E-state index is 12.7. The van der Waals surface area contributed by atoms with E-state index in [1.54, 1.807) is 70.2 Å². The largest absolute Gasteiger partial charge is 0.478 e. The fourth-order valence-corrected chi connectivity index (χ4v) is 4.33. The third kappa shape index (κ3) is 7.34. The molecule has 0 radical (unpaired) electrons. The van der Waals surface area contributed by atoms with Crippen LogP contribution in [0.3, 0.4) is 0 Å². The second kappa shape index (κ2) is 9.61. The number of carbonyl (C=O) groups excluding carboxylic acids is 1. The fraction of sp³-hybridized carbons (Fsp3) is 0.381. The Hall–Kier alpha value is -2.09. The number of hydrogen-bond acceptors (Lipinski definition) is 4. The summed E-state index contributed by atoms with van der Waals surface area (Å²) in [6.07, 6.45) is 0. The molecule has 158 valence electrons. The summed E-state index contributed by atoms with van der Waals surface area (Å²) in [5.41, 5.74) is 0.253. The lowest BCUT2D eigenvalue weighted by molar-refractivity contribution is -0.134. The highest BCUT2D eigenvalue weighted by molar-refractivity contribution is 7.88. The van der Waals surface area contributed by atoms with Crippen molar-refractivity contribution in [2.75, 3.05) is 0 Å². The average Bonchev–Trinajstić information content (AvgIpc) is 2.61. The summed E-state index contributed by atoms with van der Waals surface area (Å²) in [6, 6.07) is 13.7. The van der Waals surface area contributed by atoms with Crippen LogP contribution >= 0.6 is 11.6 Å². The van der Waals surface area contributed by atoms with Crippen molar-refractivity contribution in [3.63, 3.8) is 0 Å². The Balaban J connectivity index is 2.05. The molecule has 0 aliphatic rings. The van der Waals surface area contributed by atoms with Crippen LogP contribution in [0.15, 0.2) is 48.5 Å². The Bertz CT molecular complexity index is 941. The summed E-state index contributed by atoms with van der Waals surface area (Å²) in [5.74, 6) is 0.0632. The molecule has 2 aromatic rings. The number of benzene rings is 2. The lowest BCUT2D eigenvalue weighted by atomic mass is 10.1. The molecular formula is C21H27ClN2O4S. The highest BCUT2D eigenvalue weighted by Gasteiger charge is 2.30. The number of ether oxygens (including phenoxy) is 1. The van der Waals surface area contributed by atoms with E-state index in [4.69, 9.17) is 16.3 Å². The van der Waals surface area contributed by atoms with Crippen molar-refractivity contribution in [3.05, 3.63) is 64.7 Å². The number of halogens is 1. The summed E-state index contributed by atoms with van der Waals surface area (Å²) in [6.45, 7) is 7.07. The summed E-state index contributed by atoms with van der Waals surface area (Å²) >= 11 is 5.87. The molecule has 0 fully saturated rings. The van der Waals surface area contributed by atoms with E-state index >= 15 is 0 Å². The predicted molar refractivity (Wildman–Crippen MR) is 115 cm³/mol. The van der Waals surface area contributed by atoms with Gasteiger partial charge < -0.3 is 10.1 Å². The van der Waals surface area contributed by atoms with Crippen LogP contribution in [0.1, 0.15) is 38.8 Å². The molecule has 29 heavy (non-hydrogen) atoms. The summed E-state index contributed by atoms with van der Waals surface area (Å²) in [7, 11) is -3.47. The second-order valence-electron chi connectivity index (χ2n) is 7.55. The number of hydrogen-bond donors (Lipinski definition) is 2. The average molecular weight is 439 g/mol. The van der Waals surface area contributed by atoms with Crippen LogP contribution in [0.25, 0.3) is 0 Å². The van der Waals surface area contributed by atoms with Crippen molar-refractivity contribution in [1.82, 2.24) is 10.0 Å². The quantitative estimate of drug-likeness (QED) is 0.626. The van der Waals surface area contributed by atoms with E-state index in [0.29, 0.717) is 16.3 Å². The van der Waals surface area contributed by atoms with E-state index in [1.165, 1.54) is 0 Å². The molecule has 2 N–H and O–H groups in total. The van der Waals surface area contributed by atoms with E-state index in [0.717, 1.165) is 5.56 Å². The fourth-order valence-electron chi connectivity index (χ4n) is 2.71. The van der Waals surface area contributed by atoms with Crippen LogP contribution in [-0.2, 0) is 27.1 Å². The molecule has 1 amide bonds. The SMILES string of the molecule is CC(C)NS(=O)(=O)Cc1ccccc1CNC(=O)C(C)(C)Oc1ccc(Cl)cc1. The molecule has 0 bridgehead atoms.